The predicted octanol–water partition coefficient (Wildman–Crippen LogP) is -0.103. The molecule has 1 fully saturated rings. The van der Waals surface area contributed by atoms with E-state index in [1.54, 1.807) is 18.9 Å². The maximum Gasteiger partial charge on any atom is 0.219 e. The molecule has 1 unspecified atom stereocenters. The lowest BCUT2D eigenvalue weighted by Gasteiger charge is -2.22. The average Bonchev–Trinajstić information content (AvgIpc) is 2.44. The first kappa shape index (κ1) is 12.4. The highest BCUT2D eigenvalue weighted by atomic mass is 16.5. The van der Waals surface area contributed by atoms with Gasteiger partial charge in [-0.2, -0.15) is 0 Å². The number of amides is 1. The number of carbonyl (C=O) groups is 1. The topological polar surface area (TPSA) is 48.0 Å². The molecule has 1 aliphatic rings. The third-order valence-electron chi connectivity index (χ3n) is 2.32. The van der Waals surface area contributed by atoms with Gasteiger partial charge in [0.05, 0.1) is 32.5 Å². The van der Waals surface area contributed by atoms with Crippen LogP contribution in [0.5, 0.6) is 0 Å². The van der Waals surface area contributed by atoms with E-state index in [1.165, 1.54) is 0 Å². The monoisotopic (exact) mass is 217 g/mol. The van der Waals surface area contributed by atoms with Crippen LogP contribution in [0.4, 0.5) is 0 Å². The molecule has 88 valence electrons. The zero-order chi connectivity index (χ0) is 11.1. The molecule has 1 saturated heterocycles. The van der Waals surface area contributed by atoms with Gasteiger partial charge in [-0.1, -0.05) is 0 Å². The first-order valence-electron chi connectivity index (χ1n) is 5.18. The second-order valence-electron chi connectivity index (χ2n) is 3.53. The summed E-state index contributed by atoms with van der Waals surface area (Å²) in [5.41, 5.74) is 0. The van der Waals surface area contributed by atoms with E-state index in [0.717, 1.165) is 0 Å². The largest absolute Gasteiger partial charge is 0.382 e. The molecule has 0 aliphatic carbocycles. The van der Waals surface area contributed by atoms with Gasteiger partial charge in [-0.05, 0) is 0 Å². The Balaban J connectivity index is 2.32. The molecule has 1 atom stereocenters. The Bertz CT molecular complexity index is 198. The van der Waals surface area contributed by atoms with Crippen LogP contribution in [-0.4, -0.2) is 63.5 Å². The molecule has 1 amide bonds. The van der Waals surface area contributed by atoms with Crippen LogP contribution in [0.2, 0.25) is 0 Å². The molecule has 0 radical (unpaired) electrons. The van der Waals surface area contributed by atoms with Gasteiger partial charge in [-0.25, -0.2) is 0 Å². The van der Waals surface area contributed by atoms with Crippen molar-refractivity contribution in [2.45, 2.75) is 13.0 Å². The van der Waals surface area contributed by atoms with Crippen LogP contribution in [0.1, 0.15) is 6.92 Å². The second-order valence-corrected chi connectivity index (χ2v) is 3.53. The van der Waals surface area contributed by atoms with Crippen molar-refractivity contribution in [2.75, 3.05) is 46.6 Å². The predicted molar refractivity (Wildman–Crippen MR) is 54.7 cm³/mol. The highest BCUT2D eigenvalue weighted by molar-refractivity contribution is 5.73. The third-order valence-corrected chi connectivity index (χ3v) is 2.32. The molecule has 0 N–H and O–H groups in total. The van der Waals surface area contributed by atoms with E-state index in [9.17, 15) is 4.79 Å². The molecular weight excluding hydrogens is 198 g/mol. The van der Waals surface area contributed by atoms with E-state index in [-0.39, 0.29) is 12.0 Å². The van der Waals surface area contributed by atoms with Gasteiger partial charge in [0.1, 0.15) is 0 Å². The minimum atomic E-state index is -0.0356. The van der Waals surface area contributed by atoms with E-state index in [4.69, 9.17) is 14.2 Å². The van der Waals surface area contributed by atoms with Gasteiger partial charge < -0.3 is 19.1 Å². The van der Waals surface area contributed by atoms with Gasteiger partial charge in [0, 0.05) is 27.1 Å². The minimum absolute atomic E-state index is 0.0356. The lowest BCUT2D eigenvalue weighted by atomic mass is 10.3. The van der Waals surface area contributed by atoms with Gasteiger partial charge in [0.25, 0.3) is 0 Å². The van der Waals surface area contributed by atoms with Crippen molar-refractivity contribution < 1.29 is 19.0 Å². The molecule has 15 heavy (non-hydrogen) atoms. The number of rotatable bonds is 4. The van der Waals surface area contributed by atoms with Gasteiger partial charge in [-0.3, -0.25) is 4.79 Å². The normalized spacial score (nSPS) is 22.5. The van der Waals surface area contributed by atoms with Crippen molar-refractivity contribution in [3.8, 4) is 0 Å². The maximum atomic E-state index is 11.2. The molecule has 0 aromatic heterocycles. The van der Waals surface area contributed by atoms with Gasteiger partial charge in [0.15, 0.2) is 0 Å². The van der Waals surface area contributed by atoms with Crippen molar-refractivity contribution >= 4 is 5.91 Å². The summed E-state index contributed by atoms with van der Waals surface area (Å²) in [7, 11) is 1.63. The summed E-state index contributed by atoms with van der Waals surface area (Å²) < 4.78 is 15.8. The maximum absolute atomic E-state index is 11.2. The zero-order valence-corrected chi connectivity index (χ0v) is 9.40. The quantitative estimate of drug-likeness (QED) is 0.617. The van der Waals surface area contributed by atoms with E-state index < -0.39 is 0 Å². The summed E-state index contributed by atoms with van der Waals surface area (Å²) in [6.45, 7) is 5.07. The summed E-state index contributed by atoms with van der Waals surface area (Å²) >= 11 is 0. The fourth-order valence-corrected chi connectivity index (χ4v) is 1.46. The van der Waals surface area contributed by atoms with Crippen molar-refractivity contribution in [3.05, 3.63) is 0 Å². The molecule has 0 saturated carbocycles. The Kier molecular flexibility index (Phi) is 5.60. The van der Waals surface area contributed by atoms with E-state index in [1.807, 2.05) is 0 Å². The summed E-state index contributed by atoms with van der Waals surface area (Å²) in [5.74, 6) is 0.0702. The van der Waals surface area contributed by atoms with E-state index in [2.05, 4.69) is 0 Å². The zero-order valence-electron chi connectivity index (χ0n) is 9.40. The molecule has 0 bridgehead atoms. The lowest BCUT2D eigenvalue weighted by molar-refractivity contribution is -0.130. The Labute approximate surface area is 90.3 Å². The standard InChI is InChI=1S/C10H19NO4/c1-9(12)11-3-4-14-8-10(7-11)15-6-5-13-2/h10H,3-8H2,1-2H3. The molecule has 5 nitrogen and oxygen atoms in total. The van der Waals surface area contributed by atoms with Crippen molar-refractivity contribution in [3.63, 3.8) is 0 Å². The van der Waals surface area contributed by atoms with Crippen LogP contribution in [0.15, 0.2) is 0 Å². The number of hydrogen-bond acceptors (Lipinski definition) is 4. The Morgan fingerprint density at radius 2 is 2.33 bits per heavy atom. The lowest BCUT2D eigenvalue weighted by Crippen LogP contribution is -2.37. The summed E-state index contributed by atoms with van der Waals surface area (Å²) in [6.07, 6.45) is -0.0356. The molecule has 1 rings (SSSR count). The summed E-state index contributed by atoms with van der Waals surface area (Å²) in [6, 6.07) is 0. The molecule has 0 aromatic carbocycles. The van der Waals surface area contributed by atoms with Crippen molar-refractivity contribution in [1.82, 2.24) is 4.90 Å². The van der Waals surface area contributed by atoms with Crippen LogP contribution in [0.25, 0.3) is 0 Å². The van der Waals surface area contributed by atoms with Crippen molar-refractivity contribution in [2.24, 2.45) is 0 Å². The second kappa shape index (κ2) is 6.76. The number of nitrogens with zero attached hydrogens (tertiary/aromatic N) is 1. The van der Waals surface area contributed by atoms with Crippen LogP contribution >= 0.6 is 0 Å². The smallest absolute Gasteiger partial charge is 0.219 e. The first-order chi connectivity index (χ1) is 7.24. The summed E-state index contributed by atoms with van der Waals surface area (Å²) in [5, 5.41) is 0. The summed E-state index contributed by atoms with van der Waals surface area (Å²) in [4.78, 5) is 13.0. The Morgan fingerprint density at radius 3 is 3.00 bits per heavy atom. The van der Waals surface area contributed by atoms with Crippen LogP contribution in [0, 0.1) is 0 Å². The molecule has 0 spiro atoms. The fourth-order valence-electron chi connectivity index (χ4n) is 1.46. The van der Waals surface area contributed by atoms with E-state index >= 15 is 0 Å². The molecule has 1 heterocycles. The number of carbonyl (C=O) groups excluding carboxylic acids is 1. The highest BCUT2D eigenvalue weighted by Gasteiger charge is 2.20. The van der Waals surface area contributed by atoms with Crippen LogP contribution in [-0.2, 0) is 19.0 Å². The SMILES string of the molecule is COCCOC1COCCN(C(C)=O)C1. The Hall–Kier alpha value is -0.650. The minimum Gasteiger partial charge on any atom is -0.382 e. The molecule has 5 heteroatoms. The number of hydrogen-bond donors (Lipinski definition) is 0. The molecular formula is C10H19NO4. The highest BCUT2D eigenvalue weighted by Crippen LogP contribution is 2.04. The van der Waals surface area contributed by atoms with Gasteiger partial charge in [0.2, 0.25) is 5.91 Å². The third kappa shape index (κ3) is 4.59. The fraction of sp³-hybridized carbons (Fsp3) is 0.900. The van der Waals surface area contributed by atoms with Gasteiger partial charge >= 0.3 is 0 Å². The van der Waals surface area contributed by atoms with E-state index in [0.29, 0.717) is 39.5 Å². The average molecular weight is 217 g/mol. The number of ether oxygens (including phenoxy) is 3. The molecule has 1 aliphatic heterocycles. The Morgan fingerprint density at radius 1 is 1.53 bits per heavy atom. The van der Waals surface area contributed by atoms with Crippen LogP contribution < -0.4 is 0 Å². The first-order valence-corrected chi connectivity index (χ1v) is 5.18. The van der Waals surface area contributed by atoms with Crippen LogP contribution in [0.3, 0.4) is 0 Å². The van der Waals surface area contributed by atoms with Crippen molar-refractivity contribution in [1.29, 1.82) is 0 Å². The van der Waals surface area contributed by atoms with Gasteiger partial charge in [-0.15, -0.1) is 0 Å². The number of methoxy groups -OCH3 is 1. The molecule has 0 aromatic rings.